The number of anilines is 2. The quantitative estimate of drug-likeness (QED) is 0.430. The molecule has 0 aliphatic rings. The molecule has 8 heteroatoms. The second-order valence-electron chi connectivity index (χ2n) is 6.58. The molecule has 0 aliphatic heterocycles. The van der Waals surface area contributed by atoms with Crippen LogP contribution in [0, 0.1) is 15.5 Å². The lowest BCUT2D eigenvalue weighted by Crippen LogP contribution is -2.36. The summed E-state index contributed by atoms with van der Waals surface area (Å²) in [5, 5.41) is 14.1. The van der Waals surface area contributed by atoms with Crippen LogP contribution in [0.1, 0.15) is 41.0 Å². The number of nitro groups is 1. The minimum atomic E-state index is -0.518. The normalized spacial score (nSPS) is 12.1. The first-order valence-corrected chi connectivity index (χ1v) is 6.30. The number of nitrogens with one attached hydrogen (secondary N) is 2. The molecule has 0 aliphatic carbocycles. The van der Waals surface area contributed by atoms with Gasteiger partial charge in [-0.15, -0.1) is 0 Å². The third kappa shape index (κ3) is 4.61. The molecule has 1 aromatic rings. The van der Waals surface area contributed by atoms with E-state index in [0.717, 1.165) is 12.6 Å². The molecule has 112 valence electrons. The standard InChI is InChI=1S/C12H22N6O2/c1-11(2,3)7-12(4,5)16-9-8(18(19)20)6-14-10(15-9)17-13/h6H,7,13H2,1-5H3,(H2,14,15,16,17). The minimum Gasteiger partial charge on any atom is -0.359 e. The maximum Gasteiger partial charge on any atom is 0.329 e. The maximum atomic E-state index is 11.0. The summed E-state index contributed by atoms with van der Waals surface area (Å²) in [5.41, 5.74) is 1.83. The van der Waals surface area contributed by atoms with Crippen molar-refractivity contribution in [2.24, 2.45) is 11.3 Å². The molecular weight excluding hydrogens is 260 g/mol. The number of nitrogens with two attached hydrogens (primary N) is 1. The monoisotopic (exact) mass is 282 g/mol. The summed E-state index contributed by atoms with van der Waals surface area (Å²) in [7, 11) is 0. The predicted molar refractivity (Wildman–Crippen MR) is 78.3 cm³/mol. The van der Waals surface area contributed by atoms with Crippen LogP contribution in [0.5, 0.6) is 0 Å². The molecule has 0 radical (unpaired) electrons. The lowest BCUT2D eigenvalue weighted by atomic mass is 9.82. The Kier molecular flexibility index (Phi) is 4.49. The van der Waals surface area contributed by atoms with Crippen LogP contribution < -0.4 is 16.6 Å². The van der Waals surface area contributed by atoms with E-state index >= 15 is 0 Å². The molecule has 1 heterocycles. The summed E-state index contributed by atoms with van der Waals surface area (Å²) >= 11 is 0. The molecule has 20 heavy (non-hydrogen) atoms. The number of rotatable bonds is 5. The van der Waals surface area contributed by atoms with E-state index in [1.807, 2.05) is 13.8 Å². The SMILES string of the molecule is CC(C)(C)CC(C)(C)Nc1nc(NN)ncc1[N+](=O)[O-]. The molecule has 0 amide bonds. The van der Waals surface area contributed by atoms with Gasteiger partial charge in [0.05, 0.1) is 4.92 Å². The molecule has 0 saturated carbocycles. The molecule has 4 N–H and O–H groups in total. The average Bonchev–Trinajstić information content (AvgIpc) is 2.24. The van der Waals surface area contributed by atoms with E-state index in [1.165, 1.54) is 0 Å². The van der Waals surface area contributed by atoms with E-state index < -0.39 is 4.92 Å². The van der Waals surface area contributed by atoms with E-state index in [0.29, 0.717) is 0 Å². The van der Waals surface area contributed by atoms with Gasteiger partial charge in [0.1, 0.15) is 6.20 Å². The van der Waals surface area contributed by atoms with E-state index in [2.05, 4.69) is 41.5 Å². The third-order valence-electron chi connectivity index (χ3n) is 2.52. The van der Waals surface area contributed by atoms with Crippen molar-refractivity contribution in [2.75, 3.05) is 10.7 Å². The number of hydrogen-bond acceptors (Lipinski definition) is 7. The van der Waals surface area contributed by atoms with E-state index in [1.54, 1.807) is 0 Å². The van der Waals surface area contributed by atoms with Crippen LogP contribution in [0.25, 0.3) is 0 Å². The fourth-order valence-corrected chi connectivity index (χ4v) is 2.36. The van der Waals surface area contributed by atoms with Gasteiger partial charge in [-0.05, 0) is 25.7 Å². The highest BCUT2D eigenvalue weighted by molar-refractivity contribution is 5.58. The fraction of sp³-hybridized carbons (Fsp3) is 0.667. The van der Waals surface area contributed by atoms with Crippen LogP contribution in [0.15, 0.2) is 6.20 Å². The lowest BCUT2D eigenvalue weighted by Gasteiger charge is -2.33. The summed E-state index contributed by atoms with van der Waals surface area (Å²) in [6.07, 6.45) is 1.95. The Balaban J connectivity index is 3.08. The number of aromatic nitrogens is 2. The zero-order chi connectivity index (χ0) is 15.6. The van der Waals surface area contributed by atoms with Crippen LogP contribution in [0.4, 0.5) is 17.5 Å². The highest BCUT2D eigenvalue weighted by Crippen LogP contribution is 2.32. The summed E-state index contributed by atoms with van der Waals surface area (Å²) in [5.74, 6) is 5.53. The van der Waals surface area contributed by atoms with Crippen molar-refractivity contribution >= 4 is 17.5 Å². The number of hydrazine groups is 1. The molecule has 0 atom stereocenters. The molecule has 0 unspecified atom stereocenters. The third-order valence-corrected chi connectivity index (χ3v) is 2.52. The molecule has 8 nitrogen and oxygen atoms in total. The van der Waals surface area contributed by atoms with Gasteiger partial charge in [-0.3, -0.25) is 15.5 Å². The Bertz CT molecular complexity index is 495. The Hall–Kier alpha value is -1.96. The Morgan fingerprint density at radius 2 is 1.95 bits per heavy atom. The zero-order valence-electron chi connectivity index (χ0n) is 12.5. The largest absolute Gasteiger partial charge is 0.359 e. The van der Waals surface area contributed by atoms with Crippen molar-refractivity contribution < 1.29 is 4.92 Å². The van der Waals surface area contributed by atoms with Gasteiger partial charge >= 0.3 is 5.69 Å². The van der Waals surface area contributed by atoms with Crippen molar-refractivity contribution in [3.8, 4) is 0 Å². The van der Waals surface area contributed by atoms with E-state index in [4.69, 9.17) is 5.84 Å². The van der Waals surface area contributed by atoms with Crippen LogP contribution in [-0.2, 0) is 0 Å². The number of nitrogens with zero attached hydrogens (tertiary/aromatic N) is 3. The van der Waals surface area contributed by atoms with Crippen molar-refractivity contribution in [1.29, 1.82) is 0 Å². The predicted octanol–water partition coefficient (Wildman–Crippen LogP) is 2.30. The highest BCUT2D eigenvalue weighted by atomic mass is 16.6. The van der Waals surface area contributed by atoms with Crippen LogP contribution in [0.2, 0.25) is 0 Å². The molecular formula is C12H22N6O2. The second kappa shape index (κ2) is 5.58. The Labute approximate surface area is 118 Å². The molecule has 0 bridgehead atoms. The Morgan fingerprint density at radius 3 is 2.40 bits per heavy atom. The van der Waals surface area contributed by atoms with Crippen molar-refractivity contribution in [3.63, 3.8) is 0 Å². The first kappa shape index (κ1) is 16.1. The van der Waals surface area contributed by atoms with Crippen LogP contribution >= 0.6 is 0 Å². The minimum absolute atomic E-state index is 0.0766. The van der Waals surface area contributed by atoms with Crippen molar-refractivity contribution in [3.05, 3.63) is 16.3 Å². The van der Waals surface area contributed by atoms with Gasteiger partial charge in [0.15, 0.2) is 0 Å². The van der Waals surface area contributed by atoms with Gasteiger partial charge in [0, 0.05) is 5.54 Å². The van der Waals surface area contributed by atoms with Crippen molar-refractivity contribution in [1.82, 2.24) is 9.97 Å². The van der Waals surface area contributed by atoms with Gasteiger partial charge < -0.3 is 5.32 Å². The molecule has 0 aromatic carbocycles. The van der Waals surface area contributed by atoms with Gasteiger partial charge in [0.25, 0.3) is 0 Å². The number of hydrogen-bond donors (Lipinski definition) is 3. The van der Waals surface area contributed by atoms with Crippen molar-refractivity contribution in [2.45, 2.75) is 46.6 Å². The lowest BCUT2D eigenvalue weighted by molar-refractivity contribution is -0.384. The molecule has 0 fully saturated rings. The highest BCUT2D eigenvalue weighted by Gasteiger charge is 2.29. The van der Waals surface area contributed by atoms with Gasteiger partial charge in [-0.25, -0.2) is 10.8 Å². The van der Waals surface area contributed by atoms with Gasteiger partial charge in [0.2, 0.25) is 11.8 Å². The zero-order valence-corrected chi connectivity index (χ0v) is 12.5. The molecule has 1 rings (SSSR count). The second-order valence-corrected chi connectivity index (χ2v) is 6.58. The first-order valence-electron chi connectivity index (χ1n) is 6.30. The first-order chi connectivity index (χ1) is 9.04. The average molecular weight is 282 g/mol. The van der Waals surface area contributed by atoms with E-state index in [9.17, 15) is 10.1 Å². The summed E-state index contributed by atoms with van der Waals surface area (Å²) in [4.78, 5) is 18.3. The smallest absolute Gasteiger partial charge is 0.329 e. The number of nitrogen functional groups attached to an aromatic ring is 1. The van der Waals surface area contributed by atoms with Gasteiger partial charge in [-0.1, -0.05) is 20.8 Å². The summed E-state index contributed by atoms with van der Waals surface area (Å²) in [6, 6.07) is 0. The molecule has 1 aromatic heterocycles. The summed E-state index contributed by atoms with van der Waals surface area (Å²) in [6.45, 7) is 10.3. The van der Waals surface area contributed by atoms with Crippen LogP contribution in [0.3, 0.4) is 0 Å². The summed E-state index contributed by atoms with van der Waals surface area (Å²) < 4.78 is 0. The Morgan fingerprint density at radius 1 is 1.35 bits per heavy atom. The maximum absolute atomic E-state index is 11.0. The fourth-order valence-electron chi connectivity index (χ4n) is 2.36. The topological polar surface area (TPSA) is 119 Å². The molecule has 0 saturated heterocycles. The van der Waals surface area contributed by atoms with Gasteiger partial charge in [-0.2, -0.15) is 4.98 Å². The van der Waals surface area contributed by atoms with E-state index in [-0.39, 0.29) is 28.4 Å². The van der Waals surface area contributed by atoms with Crippen LogP contribution in [-0.4, -0.2) is 20.4 Å². The molecule has 0 spiro atoms.